The van der Waals surface area contributed by atoms with Gasteiger partial charge in [0, 0.05) is 32.1 Å². The fourth-order valence-corrected chi connectivity index (χ4v) is 2.03. The molecule has 0 radical (unpaired) electrons. The Morgan fingerprint density at radius 2 is 1.68 bits per heavy atom. The van der Waals surface area contributed by atoms with Gasteiger partial charge in [0.05, 0.1) is 0 Å². The van der Waals surface area contributed by atoms with Crippen LogP contribution in [0.4, 0.5) is 11.6 Å². The standard InChI is InChI=1S/C15H28N4/c1-5-9-16-14-12-15(18-13(8-4)17-14)19(10-6-2)11-7-3/h12H,5-11H2,1-4H3,(H,16,17,18). The van der Waals surface area contributed by atoms with Gasteiger partial charge < -0.3 is 10.2 Å². The van der Waals surface area contributed by atoms with Crippen molar-refractivity contribution >= 4 is 11.6 Å². The molecule has 0 saturated carbocycles. The topological polar surface area (TPSA) is 41.0 Å². The number of aromatic nitrogens is 2. The Bertz CT molecular complexity index is 359. The molecule has 0 saturated heterocycles. The maximum atomic E-state index is 4.67. The second-order valence-electron chi connectivity index (χ2n) is 4.79. The molecule has 1 aromatic rings. The van der Waals surface area contributed by atoms with E-state index in [9.17, 15) is 0 Å². The van der Waals surface area contributed by atoms with E-state index in [1.54, 1.807) is 0 Å². The number of hydrogen-bond donors (Lipinski definition) is 1. The van der Waals surface area contributed by atoms with Crippen molar-refractivity contribution in [2.75, 3.05) is 29.9 Å². The minimum Gasteiger partial charge on any atom is -0.370 e. The number of nitrogens with one attached hydrogen (secondary N) is 1. The zero-order chi connectivity index (χ0) is 14.1. The van der Waals surface area contributed by atoms with E-state index >= 15 is 0 Å². The molecule has 0 bridgehead atoms. The van der Waals surface area contributed by atoms with Crippen molar-refractivity contribution in [3.8, 4) is 0 Å². The van der Waals surface area contributed by atoms with E-state index in [4.69, 9.17) is 0 Å². The maximum absolute atomic E-state index is 4.67. The van der Waals surface area contributed by atoms with Crippen LogP contribution in [0.15, 0.2) is 6.07 Å². The maximum Gasteiger partial charge on any atom is 0.134 e. The van der Waals surface area contributed by atoms with Gasteiger partial charge in [0.1, 0.15) is 17.5 Å². The van der Waals surface area contributed by atoms with E-state index in [0.29, 0.717) is 0 Å². The predicted octanol–water partition coefficient (Wildman–Crippen LogP) is 3.49. The summed E-state index contributed by atoms with van der Waals surface area (Å²) in [6, 6.07) is 2.08. The molecule has 0 fully saturated rings. The summed E-state index contributed by atoms with van der Waals surface area (Å²) in [5, 5.41) is 3.37. The number of aryl methyl sites for hydroxylation is 1. The van der Waals surface area contributed by atoms with Crippen LogP contribution in [0.1, 0.15) is 52.8 Å². The minimum absolute atomic E-state index is 0.876. The monoisotopic (exact) mass is 264 g/mol. The van der Waals surface area contributed by atoms with E-state index in [1.165, 1.54) is 0 Å². The Balaban J connectivity index is 2.95. The molecule has 0 aliphatic rings. The van der Waals surface area contributed by atoms with Crippen molar-refractivity contribution in [3.05, 3.63) is 11.9 Å². The van der Waals surface area contributed by atoms with Gasteiger partial charge in [-0.1, -0.05) is 27.7 Å². The first-order chi connectivity index (χ1) is 9.24. The normalized spacial score (nSPS) is 10.5. The third-order valence-electron chi connectivity index (χ3n) is 2.94. The highest BCUT2D eigenvalue weighted by Gasteiger charge is 2.09. The molecule has 0 spiro atoms. The fourth-order valence-electron chi connectivity index (χ4n) is 2.03. The first-order valence-corrected chi connectivity index (χ1v) is 7.61. The molecule has 108 valence electrons. The molecule has 0 atom stereocenters. The first kappa shape index (κ1) is 15.7. The van der Waals surface area contributed by atoms with Gasteiger partial charge in [-0.05, 0) is 19.3 Å². The lowest BCUT2D eigenvalue weighted by atomic mass is 10.3. The van der Waals surface area contributed by atoms with Crippen LogP contribution in [-0.2, 0) is 6.42 Å². The Kier molecular flexibility index (Phi) is 7.23. The van der Waals surface area contributed by atoms with Crippen molar-refractivity contribution in [1.29, 1.82) is 0 Å². The van der Waals surface area contributed by atoms with E-state index < -0.39 is 0 Å². The highest BCUT2D eigenvalue weighted by molar-refractivity contribution is 5.49. The molecule has 0 aliphatic carbocycles. The van der Waals surface area contributed by atoms with Crippen molar-refractivity contribution in [3.63, 3.8) is 0 Å². The lowest BCUT2D eigenvalue weighted by molar-refractivity contribution is 0.727. The molecule has 1 rings (SSSR count). The summed E-state index contributed by atoms with van der Waals surface area (Å²) in [4.78, 5) is 11.6. The van der Waals surface area contributed by atoms with Gasteiger partial charge >= 0.3 is 0 Å². The lowest BCUT2D eigenvalue weighted by Crippen LogP contribution is -2.26. The highest BCUT2D eigenvalue weighted by Crippen LogP contribution is 2.17. The molecule has 0 aliphatic heterocycles. The van der Waals surface area contributed by atoms with Crippen molar-refractivity contribution < 1.29 is 0 Å². The number of hydrogen-bond acceptors (Lipinski definition) is 4. The zero-order valence-corrected chi connectivity index (χ0v) is 12.9. The smallest absolute Gasteiger partial charge is 0.134 e. The molecule has 4 nitrogen and oxygen atoms in total. The van der Waals surface area contributed by atoms with Gasteiger partial charge in [-0.15, -0.1) is 0 Å². The Hall–Kier alpha value is -1.32. The van der Waals surface area contributed by atoms with Gasteiger partial charge in [0.15, 0.2) is 0 Å². The molecule has 1 N–H and O–H groups in total. The number of anilines is 2. The SMILES string of the molecule is CCCNc1cc(N(CCC)CCC)nc(CC)n1. The minimum atomic E-state index is 0.876. The van der Waals surface area contributed by atoms with Crippen LogP contribution in [0.3, 0.4) is 0 Å². The Labute approximate surface area is 117 Å². The van der Waals surface area contributed by atoms with Crippen LogP contribution in [0.2, 0.25) is 0 Å². The van der Waals surface area contributed by atoms with E-state index in [2.05, 4.69) is 53.9 Å². The molecular formula is C15H28N4. The summed E-state index contributed by atoms with van der Waals surface area (Å²) < 4.78 is 0. The lowest BCUT2D eigenvalue weighted by Gasteiger charge is -2.23. The van der Waals surface area contributed by atoms with Gasteiger partial charge in [-0.3, -0.25) is 0 Å². The quantitative estimate of drug-likeness (QED) is 0.741. The average Bonchev–Trinajstić information content (AvgIpc) is 2.44. The second-order valence-corrected chi connectivity index (χ2v) is 4.79. The molecular weight excluding hydrogens is 236 g/mol. The van der Waals surface area contributed by atoms with Crippen molar-refractivity contribution in [2.45, 2.75) is 53.4 Å². The van der Waals surface area contributed by atoms with Gasteiger partial charge in [-0.25, -0.2) is 9.97 Å². The molecule has 1 heterocycles. The third-order valence-corrected chi connectivity index (χ3v) is 2.94. The number of rotatable bonds is 9. The van der Waals surface area contributed by atoms with Crippen molar-refractivity contribution in [2.24, 2.45) is 0 Å². The first-order valence-electron chi connectivity index (χ1n) is 7.61. The summed E-state index contributed by atoms with van der Waals surface area (Å²) >= 11 is 0. The van der Waals surface area contributed by atoms with Gasteiger partial charge in [0.25, 0.3) is 0 Å². The van der Waals surface area contributed by atoms with Crippen LogP contribution in [0.25, 0.3) is 0 Å². The summed E-state index contributed by atoms with van der Waals surface area (Å²) in [6.07, 6.45) is 4.27. The Morgan fingerprint density at radius 1 is 1.00 bits per heavy atom. The second kappa shape index (κ2) is 8.73. The summed E-state index contributed by atoms with van der Waals surface area (Å²) in [6.45, 7) is 11.8. The summed E-state index contributed by atoms with van der Waals surface area (Å²) in [7, 11) is 0. The van der Waals surface area contributed by atoms with Crippen LogP contribution in [0, 0.1) is 0 Å². The van der Waals surface area contributed by atoms with Crippen LogP contribution in [-0.4, -0.2) is 29.6 Å². The van der Waals surface area contributed by atoms with E-state index in [1.807, 2.05) is 0 Å². The van der Waals surface area contributed by atoms with Crippen LogP contribution < -0.4 is 10.2 Å². The van der Waals surface area contributed by atoms with Gasteiger partial charge in [-0.2, -0.15) is 0 Å². The molecule has 19 heavy (non-hydrogen) atoms. The zero-order valence-electron chi connectivity index (χ0n) is 12.9. The van der Waals surface area contributed by atoms with E-state index in [-0.39, 0.29) is 0 Å². The molecule has 4 heteroatoms. The summed E-state index contributed by atoms with van der Waals surface area (Å²) in [5.74, 6) is 2.95. The third kappa shape index (κ3) is 5.05. The molecule has 0 unspecified atom stereocenters. The van der Waals surface area contributed by atoms with E-state index in [0.717, 1.165) is 62.8 Å². The average molecular weight is 264 g/mol. The number of nitrogens with zero attached hydrogens (tertiary/aromatic N) is 3. The van der Waals surface area contributed by atoms with Crippen LogP contribution in [0.5, 0.6) is 0 Å². The van der Waals surface area contributed by atoms with Crippen molar-refractivity contribution in [1.82, 2.24) is 9.97 Å². The molecule has 0 amide bonds. The largest absolute Gasteiger partial charge is 0.370 e. The fraction of sp³-hybridized carbons (Fsp3) is 0.733. The molecule has 0 aromatic carbocycles. The Morgan fingerprint density at radius 3 is 2.21 bits per heavy atom. The van der Waals surface area contributed by atoms with Gasteiger partial charge in [0.2, 0.25) is 0 Å². The summed E-state index contributed by atoms with van der Waals surface area (Å²) in [5.41, 5.74) is 0. The highest BCUT2D eigenvalue weighted by atomic mass is 15.2. The molecule has 1 aromatic heterocycles. The predicted molar refractivity (Wildman–Crippen MR) is 83.0 cm³/mol. The van der Waals surface area contributed by atoms with Crippen LogP contribution >= 0.6 is 0 Å².